The lowest BCUT2D eigenvalue weighted by atomic mass is 9.72. The number of nitrogens with zero attached hydrogens (tertiary/aromatic N) is 1. The predicted molar refractivity (Wildman–Crippen MR) is 69.8 cm³/mol. The molecule has 0 atom stereocenters. The fourth-order valence-corrected chi connectivity index (χ4v) is 3.63. The highest BCUT2D eigenvalue weighted by Crippen LogP contribution is 2.42. The monoisotopic (exact) mass is 253 g/mol. The third kappa shape index (κ3) is 2.00. The Kier molecular flexibility index (Phi) is 2.74. The highest BCUT2D eigenvalue weighted by molar-refractivity contribution is 6.04. The fraction of sp³-hybridized carbons (Fsp3) is 0.846. The summed E-state index contributed by atoms with van der Waals surface area (Å²) in [5, 5.41) is 11.8. The number of hydrogen-bond acceptors (Lipinski definition) is 4. The van der Waals surface area contributed by atoms with Crippen molar-refractivity contribution in [3.8, 4) is 0 Å². The van der Waals surface area contributed by atoms with Crippen LogP contribution in [-0.2, 0) is 4.74 Å². The molecule has 0 bridgehead atoms. The highest BCUT2D eigenvalue weighted by Gasteiger charge is 2.58. The van der Waals surface area contributed by atoms with Crippen molar-refractivity contribution in [2.45, 2.75) is 64.1 Å². The molecule has 102 valence electrons. The van der Waals surface area contributed by atoms with Crippen LogP contribution in [0.15, 0.2) is 0 Å². The minimum atomic E-state index is -0.759. The Labute approximate surface area is 108 Å². The Balaban J connectivity index is 2.37. The molecule has 0 aromatic carbocycles. The molecule has 2 heterocycles. The number of piperidine rings is 1. The number of amides is 1. The van der Waals surface area contributed by atoms with Gasteiger partial charge in [0.05, 0.1) is 0 Å². The number of ether oxygens (including phenoxy) is 1. The van der Waals surface area contributed by atoms with Gasteiger partial charge in [-0.25, -0.2) is 4.79 Å². The average molecular weight is 253 g/mol. The van der Waals surface area contributed by atoms with Gasteiger partial charge in [0.25, 0.3) is 0 Å². The molecule has 18 heavy (non-hydrogen) atoms. The molecule has 2 aliphatic rings. The van der Waals surface area contributed by atoms with Crippen LogP contribution in [0.2, 0.25) is 0 Å². The Morgan fingerprint density at radius 2 is 1.78 bits per heavy atom. The molecule has 2 aliphatic heterocycles. The molecule has 2 N–H and O–H groups in total. The van der Waals surface area contributed by atoms with Crippen molar-refractivity contribution in [1.29, 1.82) is 5.41 Å². The van der Waals surface area contributed by atoms with Gasteiger partial charge in [0.2, 0.25) is 0 Å². The second-order valence-electron chi connectivity index (χ2n) is 6.70. The number of carbonyl (C=O) groups excluding carboxylic acids is 1. The van der Waals surface area contributed by atoms with E-state index < -0.39 is 5.60 Å². The molecule has 0 aliphatic carbocycles. The van der Waals surface area contributed by atoms with Gasteiger partial charge in [-0.15, -0.1) is 0 Å². The molecule has 0 aromatic heterocycles. The number of rotatable bonds is 1. The van der Waals surface area contributed by atoms with Gasteiger partial charge in [-0.3, -0.25) is 10.3 Å². The SMILES string of the molecule is CCN1C(=N)C2(CC(C)(C)NC(C)(C)C2)OC1=O. The molecule has 0 aromatic rings. The van der Waals surface area contributed by atoms with Gasteiger partial charge in [0, 0.05) is 30.5 Å². The summed E-state index contributed by atoms with van der Waals surface area (Å²) in [5.41, 5.74) is -1.07. The Morgan fingerprint density at radius 3 is 2.17 bits per heavy atom. The van der Waals surface area contributed by atoms with Crippen molar-refractivity contribution in [2.75, 3.05) is 6.54 Å². The van der Waals surface area contributed by atoms with Crippen LogP contribution < -0.4 is 5.32 Å². The van der Waals surface area contributed by atoms with Crippen LogP contribution in [0.25, 0.3) is 0 Å². The smallest absolute Gasteiger partial charge is 0.416 e. The van der Waals surface area contributed by atoms with Crippen molar-refractivity contribution in [3.63, 3.8) is 0 Å². The van der Waals surface area contributed by atoms with E-state index in [0.29, 0.717) is 25.2 Å². The standard InChI is InChI=1S/C13H23N3O2/c1-6-16-9(14)13(18-10(16)17)7-11(2,3)15-12(4,5)8-13/h14-15H,6-8H2,1-5H3. The Bertz CT molecular complexity index is 385. The zero-order chi connectivity index (χ0) is 13.8. The maximum Gasteiger partial charge on any atom is 0.416 e. The predicted octanol–water partition coefficient (Wildman–Crippen LogP) is 2.12. The number of nitrogens with one attached hydrogen (secondary N) is 2. The Morgan fingerprint density at radius 1 is 1.28 bits per heavy atom. The van der Waals surface area contributed by atoms with Crippen molar-refractivity contribution < 1.29 is 9.53 Å². The summed E-state index contributed by atoms with van der Waals surface area (Å²) in [5.74, 6) is 0.317. The summed E-state index contributed by atoms with van der Waals surface area (Å²) in [6.07, 6.45) is 0.908. The van der Waals surface area contributed by atoms with E-state index in [-0.39, 0.29) is 17.2 Å². The van der Waals surface area contributed by atoms with Crippen molar-refractivity contribution >= 4 is 11.9 Å². The maximum absolute atomic E-state index is 11.9. The summed E-state index contributed by atoms with van der Waals surface area (Å²) in [6.45, 7) is 10.7. The van der Waals surface area contributed by atoms with Gasteiger partial charge >= 0.3 is 6.09 Å². The summed E-state index contributed by atoms with van der Waals surface area (Å²) >= 11 is 0. The molecule has 2 saturated heterocycles. The van der Waals surface area contributed by atoms with Crippen molar-refractivity contribution in [3.05, 3.63) is 0 Å². The van der Waals surface area contributed by atoms with Crippen LogP contribution in [0.3, 0.4) is 0 Å². The van der Waals surface area contributed by atoms with Gasteiger partial charge < -0.3 is 10.1 Å². The number of likely N-dealkylation sites (N-methyl/N-ethyl adjacent to an activating group) is 1. The third-order valence-corrected chi connectivity index (χ3v) is 3.65. The van der Waals surface area contributed by atoms with Gasteiger partial charge in [0.1, 0.15) is 0 Å². The molecular formula is C13H23N3O2. The number of amidine groups is 1. The second kappa shape index (κ2) is 3.70. The number of hydrogen-bond donors (Lipinski definition) is 2. The summed E-state index contributed by atoms with van der Waals surface area (Å²) in [7, 11) is 0. The second-order valence-corrected chi connectivity index (χ2v) is 6.70. The minimum absolute atomic E-state index is 0.155. The number of carbonyl (C=O) groups is 1. The lowest BCUT2D eigenvalue weighted by Gasteiger charge is -2.49. The van der Waals surface area contributed by atoms with E-state index in [1.165, 1.54) is 4.90 Å². The first-order valence-electron chi connectivity index (χ1n) is 6.50. The Hall–Kier alpha value is -1.10. The summed E-state index contributed by atoms with van der Waals surface area (Å²) in [6, 6.07) is 0. The maximum atomic E-state index is 11.9. The van der Waals surface area contributed by atoms with Gasteiger partial charge in [-0.2, -0.15) is 0 Å². The third-order valence-electron chi connectivity index (χ3n) is 3.65. The molecule has 2 fully saturated rings. The normalized spacial score (nSPS) is 28.6. The van der Waals surface area contributed by atoms with Gasteiger partial charge in [-0.05, 0) is 34.6 Å². The van der Waals surface area contributed by atoms with Crippen LogP contribution in [0, 0.1) is 5.41 Å². The van der Waals surface area contributed by atoms with Crippen LogP contribution in [0.5, 0.6) is 0 Å². The summed E-state index contributed by atoms with van der Waals surface area (Å²) in [4.78, 5) is 13.3. The molecule has 2 rings (SSSR count). The zero-order valence-corrected chi connectivity index (χ0v) is 11.9. The van der Waals surface area contributed by atoms with E-state index in [1.807, 2.05) is 6.92 Å². The average Bonchev–Trinajstić information content (AvgIpc) is 2.32. The zero-order valence-electron chi connectivity index (χ0n) is 11.9. The van der Waals surface area contributed by atoms with Gasteiger partial charge in [-0.1, -0.05) is 0 Å². The largest absolute Gasteiger partial charge is 0.434 e. The van der Waals surface area contributed by atoms with E-state index in [9.17, 15) is 4.79 Å². The molecule has 1 amide bonds. The van der Waals surface area contributed by atoms with Crippen molar-refractivity contribution in [2.24, 2.45) is 0 Å². The van der Waals surface area contributed by atoms with E-state index in [0.717, 1.165) is 0 Å². The topological polar surface area (TPSA) is 65.4 Å². The van der Waals surface area contributed by atoms with Crippen LogP contribution in [-0.4, -0.2) is 40.1 Å². The van der Waals surface area contributed by atoms with Crippen molar-refractivity contribution in [1.82, 2.24) is 10.2 Å². The lowest BCUT2D eigenvalue weighted by Crippen LogP contribution is -2.65. The summed E-state index contributed by atoms with van der Waals surface area (Å²) < 4.78 is 5.60. The first kappa shape index (κ1) is 13.3. The molecule has 1 spiro atoms. The van der Waals surface area contributed by atoms with Crippen LogP contribution >= 0.6 is 0 Å². The van der Waals surface area contributed by atoms with Crippen LogP contribution in [0.1, 0.15) is 47.5 Å². The molecule has 0 unspecified atom stereocenters. The fourth-order valence-electron chi connectivity index (χ4n) is 3.63. The highest BCUT2D eigenvalue weighted by atomic mass is 16.6. The molecule has 0 saturated carbocycles. The molecule has 0 radical (unpaired) electrons. The van der Waals surface area contributed by atoms with E-state index in [4.69, 9.17) is 10.1 Å². The van der Waals surface area contributed by atoms with Gasteiger partial charge in [0.15, 0.2) is 11.4 Å². The van der Waals surface area contributed by atoms with E-state index in [1.54, 1.807) is 0 Å². The molecular weight excluding hydrogens is 230 g/mol. The minimum Gasteiger partial charge on any atom is -0.434 e. The quantitative estimate of drug-likeness (QED) is 0.752. The lowest BCUT2D eigenvalue weighted by molar-refractivity contribution is -0.00558. The molecule has 5 heteroatoms. The van der Waals surface area contributed by atoms with Crippen LogP contribution in [0.4, 0.5) is 4.79 Å². The van der Waals surface area contributed by atoms with E-state index in [2.05, 4.69) is 33.0 Å². The van der Waals surface area contributed by atoms with E-state index >= 15 is 0 Å². The molecule has 5 nitrogen and oxygen atoms in total. The first-order valence-corrected chi connectivity index (χ1v) is 6.50. The first-order chi connectivity index (χ1) is 8.11.